The zero-order chi connectivity index (χ0) is 16.8. The monoisotopic (exact) mass is 332 g/mol. The summed E-state index contributed by atoms with van der Waals surface area (Å²) in [5.41, 5.74) is 0.751. The molecule has 3 unspecified atom stereocenters. The molecule has 2 amide bonds. The minimum Gasteiger partial charge on any atom is -0.491 e. The highest BCUT2D eigenvalue weighted by atomic mass is 16.5. The zero-order valence-corrected chi connectivity index (χ0v) is 14.4. The summed E-state index contributed by atoms with van der Waals surface area (Å²) in [6, 6.07) is 7.68. The predicted molar refractivity (Wildman–Crippen MR) is 94.5 cm³/mol. The molecule has 0 bridgehead atoms. The van der Waals surface area contributed by atoms with Crippen LogP contribution in [0.25, 0.3) is 0 Å². The lowest BCUT2D eigenvalue weighted by atomic mass is 9.86. The van der Waals surface area contributed by atoms with Gasteiger partial charge in [-0.15, -0.1) is 0 Å². The molecule has 3 atom stereocenters. The van der Waals surface area contributed by atoms with Gasteiger partial charge in [0.25, 0.3) is 0 Å². The second-order valence-electron chi connectivity index (χ2n) is 6.94. The summed E-state index contributed by atoms with van der Waals surface area (Å²) in [6.45, 7) is 3.61. The van der Waals surface area contributed by atoms with E-state index in [0.717, 1.165) is 37.3 Å². The highest BCUT2D eigenvalue weighted by Crippen LogP contribution is 2.24. The van der Waals surface area contributed by atoms with Crippen LogP contribution in [0.3, 0.4) is 0 Å². The Labute approximate surface area is 144 Å². The highest BCUT2D eigenvalue weighted by Gasteiger charge is 2.22. The molecular weight excluding hydrogens is 304 g/mol. The topological polar surface area (TPSA) is 59.6 Å². The Morgan fingerprint density at radius 1 is 1.25 bits per heavy atom. The number of carbonyl (C=O) groups excluding carboxylic acids is 1. The van der Waals surface area contributed by atoms with E-state index in [2.05, 4.69) is 17.6 Å². The lowest BCUT2D eigenvalue weighted by Gasteiger charge is -2.29. The summed E-state index contributed by atoms with van der Waals surface area (Å²) in [7, 11) is 0. The number of nitrogens with one attached hydrogen (secondary N) is 2. The lowest BCUT2D eigenvalue weighted by Crippen LogP contribution is -2.43. The average molecular weight is 332 g/mol. The molecule has 0 spiro atoms. The minimum absolute atomic E-state index is 0.134. The highest BCUT2D eigenvalue weighted by molar-refractivity contribution is 5.89. The van der Waals surface area contributed by atoms with E-state index in [-0.39, 0.29) is 18.2 Å². The van der Waals surface area contributed by atoms with Crippen LogP contribution in [0.15, 0.2) is 24.3 Å². The Kier molecular flexibility index (Phi) is 5.96. The van der Waals surface area contributed by atoms with Gasteiger partial charge in [0.15, 0.2) is 0 Å². The van der Waals surface area contributed by atoms with Crippen LogP contribution < -0.4 is 15.4 Å². The number of carbonyl (C=O) groups is 1. The summed E-state index contributed by atoms with van der Waals surface area (Å²) in [6.07, 6.45) is 7.08. The summed E-state index contributed by atoms with van der Waals surface area (Å²) < 4.78 is 11.3. The molecule has 132 valence electrons. The molecule has 1 aliphatic heterocycles. The molecule has 2 N–H and O–H groups in total. The van der Waals surface area contributed by atoms with Gasteiger partial charge in [-0.05, 0) is 43.7 Å². The lowest BCUT2D eigenvalue weighted by molar-refractivity contribution is 0.0680. The quantitative estimate of drug-likeness (QED) is 0.858. The van der Waals surface area contributed by atoms with Crippen molar-refractivity contribution in [3.8, 4) is 5.75 Å². The molecule has 1 aliphatic carbocycles. The third kappa shape index (κ3) is 4.87. The molecule has 1 saturated heterocycles. The van der Waals surface area contributed by atoms with E-state index in [1.54, 1.807) is 0 Å². The Morgan fingerprint density at radius 3 is 2.92 bits per heavy atom. The number of ether oxygens (including phenoxy) is 2. The first-order chi connectivity index (χ1) is 11.7. The van der Waals surface area contributed by atoms with Gasteiger partial charge in [-0.2, -0.15) is 0 Å². The Bertz CT molecular complexity index is 543. The standard InChI is InChI=1S/C19H28N2O3/c1-14-6-2-3-10-18(14)21-19(22)20-15-7-4-8-16(12-15)24-13-17-9-5-11-23-17/h4,7-8,12,14,17-18H,2-3,5-6,9-11,13H2,1H3,(H2,20,21,22). The molecule has 5 heteroatoms. The number of rotatable bonds is 5. The minimum atomic E-state index is -0.134. The first-order valence-electron chi connectivity index (χ1n) is 9.13. The number of hydrogen-bond acceptors (Lipinski definition) is 3. The van der Waals surface area contributed by atoms with Crippen LogP contribution in [-0.2, 0) is 4.74 Å². The molecule has 0 aromatic heterocycles. The van der Waals surface area contributed by atoms with Crippen molar-refractivity contribution in [3.63, 3.8) is 0 Å². The second kappa shape index (κ2) is 8.38. The Balaban J connectivity index is 1.48. The summed E-state index contributed by atoms with van der Waals surface area (Å²) in [5, 5.41) is 6.02. The molecule has 2 fully saturated rings. The van der Waals surface area contributed by atoms with E-state index in [0.29, 0.717) is 12.5 Å². The molecule has 1 aromatic carbocycles. The van der Waals surface area contributed by atoms with E-state index < -0.39 is 0 Å². The SMILES string of the molecule is CC1CCCCC1NC(=O)Nc1cccc(OCC2CCCO2)c1. The summed E-state index contributed by atoms with van der Waals surface area (Å²) >= 11 is 0. The normalized spacial score (nSPS) is 26.8. The number of amides is 2. The first-order valence-corrected chi connectivity index (χ1v) is 9.13. The zero-order valence-electron chi connectivity index (χ0n) is 14.4. The van der Waals surface area contributed by atoms with Crippen LogP contribution >= 0.6 is 0 Å². The third-order valence-electron chi connectivity index (χ3n) is 4.98. The number of urea groups is 1. The van der Waals surface area contributed by atoms with Crippen LogP contribution in [0, 0.1) is 5.92 Å². The molecular formula is C19H28N2O3. The predicted octanol–water partition coefficient (Wildman–Crippen LogP) is 3.94. The van der Waals surface area contributed by atoms with E-state index in [1.807, 2.05) is 24.3 Å². The molecule has 2 aliphatic rings. The van der Waals surface area contributed by atoms with E-state index in [1.165, 1.54) is 19.3 Å². The fourth-order valence-corrected chi connectivity index (χ4v) is 3.49. The Hall–Kier alpha value is -1.75. The van der Waals surface area contributed by atoms with Gasteiger partial charge in [0.2, 0.25) is 0 Å². The van der Waals surface area contributed by atoms with Gasteiger partial charge >= 0.3 is 6.03 Å². The number of hydrogen-bond donors (Lipinski definition) is 2. The number of benzene rings is 1. The van der Waals surface area contributed by atoms with Gasteiger partial charge in [-0.1, -0.05) is 25.8 Å². The van der Waals surface area contributed by atoms with Gasteiger partial charge < -0.3 is 20.1 Å². The maximum Gasteiger partial charge on any atom is 0.319 e. The van der Waals surface area contributed by atoms with Gasteiger partial charge in [0.05, 0.1) is 6.10 Å². The second-order valence-corrected chi connectivity index (χ2v) is 6.94. The van der Waals surface area contributed by atoms with Crippen molar-refractivity contribution in [2.45, 2.75) is 57.6 Å². The summed E-state index contributed by atoms with van der Waals surface area (Å²) in [5.74, 6) is 1.31. The fourth-order valence-electron chi connectivity index (χ4n) is 3.49. The van der Waals surface area contributed by atoms with Crippen LogP contribution in [0.2, 0.25) is 0 Å². The van der Waals surface area contributed by atoms with Crippen molar-refractivity contribution in [2.24, 2.45) is 5.92 Å². The van der Waals surface area contributed by atoms with Gasteiger partial charge in [0, 0.05) is 24.4 Å². The summed E-state index contributed by atoms with van der Waals surface area (Å²) in [4.78, 5) is 12.2. The molecule has 0 radical (unpaired) electrons. The molecule has 1 saturated carbocycles. The van der Waals surface area contributed by atoms with Crippen molar-refractivity contribution in [2.75, 3.05) is 18.5 Å². The van der Waals surface area contributed by atoms with Crippen LogP contribution in [0.4, 0.5) is 10.5 Å². The van der Waals surface area contributed by atoms with Crippen LogP contribution in [0.5, 0.6) is 5.75 Å². The van der Waals surface area contributed by atoms with Gasteiger partial charge in [-0.3, -0.25) is 0 Å². The average Bonchev–Trinajstić information content (AvgIpc) is 3.09. The van der Waals surface area contributed by atoms with Crippen molar-refractivity contribution >= 4 is 11.7 Å². The van der Waals surface area contributed by atoms with Crippen molar-refractivity contribution in [3.05, 3.63) is 24.3 Å². The van der Waals surface area contributed by atoms with E-state index >= 15 is 0 Å². The van der Waals surface area contributed by atoms with Gasteiger partial charge in [-0.25, -0.2) is 4.79 Å². The van der Waals surface area contributed by atoms with Crippen molar-refractivity contribution < 1.29 is 14.3 Å². The first kappa shape index (κ1) is 17.1. The molecule has 1 aromatic rings. The van der Waals surface area contributed by atoms with Gasteiger partial charge in [0.1, 0.15) is 12.4 Å². The Morgan fingerprint density at radius 2 is 2.12 bits per heavy atom. The molecule has 1 heterocycles. The van der Waals surface area contributed by atoms with E-state index in [4.69, 9.17) is 9.47 Å². The molecule has 5 nitrogen and oxygen atoms in total. The maximum atomic E-state index is 12.2. The third-order valence-corrected chi connectivity index (χ3v) is 4.98. The maximum absolute atomic E-state index is 12.2. The smallest absolute Gasteiger partial charge is 0.319 e. The van der Waals surface area contributed by atoms with Crippen LogP contribution in [-0.4, -0.2) is 31.4 Å². The number of anilines is 1. The van der Waals surface area contributed by atoms with Crippen LogP contribution in [0.1, 0.15) is 45.4 Å². The van der Waals surface area contributed by atoms with Crippen molar-refractivity contribution in [1.29, 1.82) is 0 Å². The largest absolute Gasteiger partial charge is 0.491 e. The molecule has 3 rings (SSSR count). The van der Waals surface area contributed by atoms with E-state index in [9.17, 15) is 4.79 Å². The molecule has 24 heavy (non-hydrogen) atoms. The van der Waals surface area contributed by atoms with Crippen molar-refractivity contribution in [1.82, 2.24) is 5.32 Å². The fraction of sp³-hybridized carbons (Fsp3) is 0.632.